The molecule has 4 rings (SSSR count). The summed E-state index contributed by atoms with van der Waals surface area (Å²) in [7, 11) is 0. The highest BCUT2D eigenvalue weighted by molar-refractivity contribution is 7.99. The predicted octanol–water partition coefficient (Wildman–Crippen LogP) is 3.72. The zero-order chi connectivity index (χ0) is 19.3. The van der Waals surface area contributed by atoms with Gasteiger partial charge >= 0.3 is 5.69 Å². The fourth-order valence-electron chi connectivity index (χ4n) is 2.79. The maximum absolute atomic E-state index is 12.1. The second kappa shape index (κ2) is 8.26. The lowest BCUT2D eigenvalue weighted by atomic mass is 10.1. The van der Waals surface area contributed by atoms with E-state index in [2.05, 4.69) is 20.3 Å². The zero-order valence-corrected chi connectivity index (χ0v) is 16.1. The van der Waals surface area contributed by atoms with Gasteiger partial charge < -0.3 is 4.52 Å². The fourth-order valence-corrected chi connectivity index (χ4v) is 3.70. The summed E-state index contributed by atoms with van der Waals surface area (Å²) >= 11 is 1.41. The summed E-state index contributed by atoms with van der Waals surface area (Å²) in [6.07, 6.45) is 0.751. The number of thioether (sulfide) groups is 1. The molecular weight excluding hydrogens is 374 g/mol. The lowest BCUT2D eigenvalue weighted by molar-refractivity contribution is 0.380. The molecule has 0 unspecified atom stereocenters. The number of aromatic nitrogens is 5. The van der Waals surface area contributed by atoms with Gasteiger partial charge in [0.05, 0.1) is 5.25 Å². The van der Waals surface area contributed by atoms with E-state index >= 15 is 0 Å². The minimum Gasteiger partial charge on any atom is -0.338 e. The molecule has 1 N–H and O–H groups in total. The first-order valence-electron chi connectivity index (χ1n) is 8.95. The van der Waals surface area contributed by atoms with Crippen LogP contribution in [0.3, 0.4) is 0 Å². The van der Waals surface area contributed by atoms with Gasteiger partial charge in [0.25, 0.3) is 0 Å². The highest BCUT2D eigenvalue weighted by atomic mass is 32.2. The Balaban J connectivity index is 1.47. The Bertz CT molecular complexity index is 1090. The van der Waals surface area contributed by atoms with Gasteiger partial charge in [-0.25, -0.2) is 9.89 Å². The van der Waals surface area contributed by atoms with Crippen molar-refractivity contribution in [3.63, 3.8) is 0 Å². The Hall–Kier alpha value is -3.13. The SMILES string of the molecule is C[C@H](Sc1n[nH]c(=O)n1CCc1ccccc1)c1nc(-c2ccccc2)no1. The maximum atomic E-state index is 12.1. The van der Waals surface area contributed by atoms with Gasteiger partial charge in [0.2, 0.25) is 11.7 Å². The quantitative estimate of drug-likeness (QED) is 0.481. The van der Waals surface area contributed by atoms with Crippen molar-refractivity contribution in [1.29, 1.82) is 0 Å². The van der Waals surface area contributed by atoms with Gasteiger partial charge in [-0.15, -0.1) is 5.10 Å². The largest absolute Gasteiger partial charge is 0.343 e. The van der Waals surface area contributed by atoms with Crippen molar-refractivity contribution in [2.24, 2.45) is 0 Å². The predicted molar refractivity (Wildman–Crippen MR) is 107 cm³/mol. The highest BCUT2D eigenvalue weighted by Gasteiger charge is 2.20. The number of hydrogen-bond donors (Lipinski definition) is 1. The number of aryl methyl sites for hydroxylation is 1. The van der Waals surface area contributed by atoms with E-state index < -0.39 is 0 Å². The van der Waals surface area contributed by atoms with Crippen LogP contribution in [-0.4, -0.2) is 24.9 Å². The van der Waals surface area contributed by atoms with Gasteiger partial charge in [0.15, 0.2) is 5.16 Å². The third-order valence-electron chi connectivity index (χ3n) is 4.29. The number of H-pyrrole nitrogens is 1. The van der Waals surface area contributed by atoms with Crippen molar-refractivity contribution < 1.29 is 4.52 Å². The monoisotopic (exact) mass is 393 g/mol. The van der Waals surface area contributed by atoms with Crippen LogP contribution in [0.1, 0.15) is 23.6 Å². The molecule has 0 fully saturated rings. The molecule has 0 bridgehead atoms. The molecule has 0 amide bonds. The van der Waals surface area contributed by atoms with E-state index in [4.69, 9.17) is 4.52 Å². The summed E-state index contributed by atoms with van der Waals surface area (Å²) in [6.45, 7) is 2.50. The number of aromatic amines is 1. The van der Waals surface area contributed by atoms with E-state index in [9.17, 15) is 4.79 Å². The van der Waals surface area contributed by atoms with E-state index in [1.54, 1.807) is 4.57 Å². The first-order valence-corrected chi connectivity index (χ1v) is 9.83. The lowest BCUT2D eigenvalue weighted by Gasteiger charge is -2.08. The van der Waals surface area contributed by atoms with E-state index in [1.807, 2.05) is 67.6 Å². The van der Waals surface area contributed by atoms with E-state index in [-0.39, 0.29) is 10.9 Å². The van der Waals surface area contributed by atoms with Crippen LogP contribution in [-0.2, 0) is 13.0 Å². The summed E-state index contributed by atoms with van der Waals surface area (Å²) in [5.41, 5.74) is 1.85. The fraction of sp³-hybridized carbons (Fsp3) is 0.200. The molecule has 0 spiro atoms. The van der Waals surface area contributed by atoms with Crippen molar-refractivity contribution >= 4 is 11.8 Å². The number of hydrogen-bond acceptors (Lipinski definition) is 6. The van der Waals surface area contributed by atoms with Crippen LogP contribution in [0.2, 0.25) is 0 Å². The van der Waals surface area contributed by atoms with Crippen molar-refractivity contribution in [3.8, 4) is 11.4 Å². The van der Waals surface area contributed by atoms with Crippen LogP contribution in [0.5, 0.6) is 0 Å². The molecular formula is C20H19N5O2S. The third kappa shape index (κ3) is 4.07. The molecule has 1 atom stereocenters. The van der Waals surface area contributed by atoms with Gasteiger partial charge in [-0.1, -0.05) is 77.6 Å². The number of nitrogens with one attached hydrogen (secondary N) is 1. The van der Waals surface area contributed by atoms with E-state index in [0.29, 0.717) is 23.4 Å². The molecule has 0 saturated carbocycles. The van der Waals surface area contributed by atoms with Gasteiger partial charge in [0.1, 0.15) is 0 Å². The Morgan fingerprint density at radius 2 is 1.82 bits per heavy atom. The highest BCUT2D eigenvalue weighted by Crippen LogP contribution is 2.33. The molecule has 2 heterocycles. The van der Waals surface area contributed by atoms with Crippen molar-refractivity contribution in [3.05, 3.63) is 82.6 Å². The van der Waals surface area contributed by atoms with Crippen LogP contribution in [0, 0.1) is 0 Å². The Morgan fingerprint density at radius 3 is 2.57 bits per heavy atom. The Morgan fingerprint density at radius 1 is 1.11 bits per heavy atom. The molecule has 0 aliphatic rings. The summed E-state index contributed by atoms with van der Waals surface area (Å²) in [5.74, 6) is 1.04. The second-order valence-electron chi connectivity index (χ2n) is 6.28. The summed E-state index contributed by atoms with van der Waals surface area (Å²) in [4.78, 5) is 16.6. The topological polar surface area (TPSA) is 89.6 Å². The number of benzene rings is 2. The van der Waals surface area contributed by atoms with Gasteiger partial charge in [-0.2, -0.15) is 4.98 Å². The minimum absolute atomic E-state index is 0.143. The first-order chi connectivity index (χ1) is 13.7. The molecule has 0 saturated heterocycles. The van der Waals surface area contributed by atoms with Crippen molar-refractivity contribution in [2.75, 3.05) is 0 Å². The Kier molecular flexibility index (Phi) is 5.38. The van der Waals surface area contributed by atoms with Gasteiger partial charge in [-0.05, 0) is 18.9 Å². The van der Waals surface area contributed by atoms with Crippen molar-refractivity contribution in [1.82, 2.24) is 24.9 Å². The van der Waals surface area contributed by atoms with Gasteiger partial charge in [-0.3, -0.25) is 4.57 Å². The molecule has 0 aliphatic carbocycles. The molecule has 8 heteroatoms. The van der Waals surface area contributed by atoms with Crippen LogP contribution in [0.25, 0.3) is 11.4 Å². The molecule has 142 valence electrons. The number of rotatable bonds is 7. The lowest BCUT2D eigenvalue weighted by Crippen LogP contribution is -2.19. The average molecular weight is 393 g/mol. The average Bonchev–Trinajstić information content (AvgIpc) is 3.36. The van der Waals surface area contributed by atoms with Gasteiger partial charge in [0, 0.05) is 12.1 Å². The normalized spacial score (nSPS) is 12.2. The van der Waals surface area contributed by atoms with Crippen LogP contribution in [0.15, 0.2) is 75.1 Å². The minimum atomic E-state index is -0.221. The third-order valence-corrected chi connectivity index (χ3v) is 5.37. The molecule has 0 radical (unpaired) electrons. The van der Waals surface area contributed by atoms with Crippen LogP contribution in [0.4, 0.5) is 0 Å². The first kappa shape index (κ1) is 18.2. The molecule has 7 nitrogen and oxygen atoms in total. The summed E-state index contributed by atoms with van der Waals surface area (Å²) < 4.78 is 7.06. The van der Waals surface area contributed by atoms with Crippen LogP contribution < -0.4 is 5.69 Å². The van der Waals surface area contributed by atoms with Crippen molar-refractivity contribution in [2.45, 2.75) is 30.3 Å². The molecule has 2 aromatic carbocycles. The molecule has 2 aromatic heterocycles. The summed E-state index contributed by atoms with van der Waals surface area (Å²) in [6, 6.07) is 19.7. The molecule has 0 aliphatic heterocycles. The van der Waals surface area contributed by atoms with E-state index in [1.165, 1.54) is 17.3 Å². The van der Waals surface area contributed by atoms with Crippen LogP contribution >= 0.6 is 11.8 Å². The second-order valence-corrected chi connectivity index (χ2v) is 7.59. The van der Waals surface area contributed by atoms with E-state index in [0.717, 1.165) is 12.0 Å². The Labute approximate surface area is 165 Å². The molecule has 4 aromatic rings. The number of nitrogens with zero attached hydrogens (tertiary/aromatic N) is 4. The standard InChI is InChI=1S/C20H19N5O2S/c1-14(18-21-17(24-27-18)16-10-6-3-7-11-16)28-20-23-22-19(26)25(20)13-12-15-8-4-2-5-9-15/h2-11,14H,12-13H2,1H3,(H,22,26)/t14-/m0/s1. The smallest absolute Gasteiger partial charge is 0.338 e. The summed E-state index contributed by atoms with van der Waals surface area (Å²) in [5, 5.41) is 11.2. The molecule has 28 heavy (non-hydrogen) atoms. The maximum Gasteiger partial charge on any atom is 0.343 e. The zero-order valence-electron chi connectivity index (χ0n) is 15.3.